The van der Waals surface area contributed by atoms with Crippen molar-refractivity contribution in [3.8, 4) is 0 Å². The second-order valence-electron chi connectivity index (χ2n) is 5.19. The lowest BCUT2D eigenvalue weighted by Gasteiger charge is -2.13. The summed E-state index contributed by atoms with van der Waals surface area (Å²) < 4.78 is 33.3. The Morgan fingerprint density at radius 2 is 2.00 bits per heavy atom. The minimum absolute atomic E-state index is 0.0264. The minimum Gasteiger partial charge on any atom is -0.423 e. The highest BCUT2D eigenvalue weighted by molar-refractivity contribution is 7.92. The van der Waals surface area contributed by atoms with Crippen molar-refractivity contribution in [3.63, 3.8) is 0 Å². The molecule has 0 saturated carbocycles. The van der Waals surface area contributed by atoms with Gasteiger partial charge in [0.25, 0.3) is 10.0 Å². The Kier molecular flexibility index (Phi) is 3.40. The van der Waals surface area contributed by atoms with Crippen molar-refractivity contribution >= 4 is 27.1 Å². The molecule has 1 aromatic carbocycles. The normalized spacial score (nSPS) is 12.2. The largest absolute Gasteiger partial charge is 0.423 e. The van der Waals surface area contributed by atoms with E-state index in [1.54, 1.807) is 22.9 Å². The summed E-state index contributed by atoms with van der Waals surface area (Å²) in [5.74, 6) is 0. The summed E-state index contributed by atoms with van der Waals surface area (Å²) in [7, 11) is -2.35. The smallest absolute Gasteiger partial charge is 0.312 e. The van der Waals surface area contributed by atoms with Crippen molar-refractivity contribution in [2.75, 3.05) is 11.4 Å². The summed E-state index contributed by atoms with van der Waals surface area (Å²) in [4.78, 5) is 4.30. The first-order chi connectivity index (χ1) is 10.4. The average molecular weight is 320 g/mol. The third-order valence-electron chi connectivity index (χ3n) is 3.32. The van der Waals surface area contributed by atoms with E-state index in [1.807, 2.05) is 19.9 Å². The van der Waals surface area contributed by atoms with Crippen LogP contribution in [0.3, 0.4) is 0 Å². The molecule has 116 valence electrons. The fraction of sp³-hybridized carbons (Fsp3) is 0.286. The molecule has 3 aromatic rings. The minimum atomic E-state index is -3.76. The zero-order chi connectivity index (χ0) is 15.9. The zero-order valence-corrected chi connectivity index (χ0v) is 13.3. The number of para-hydroxylation sites is 2. The number of sulfonamides is 1. The fourth-order valence-electron chi connectivity index (χ4n) is 1.99. The van der Waals surface area contributed by atoms with Crippen molar-refractivity contribution in [2.45, 2.75) is 24.8 Å². The van der Waals surface area contributed by atoms with Crippen LogP contribution in [0.1, 0.15) is 19.9 Å². The Morgan fingerprint density at radius 3 is 2.64 bits per heavy atom. The monoisotopic (exact) mass is 320 g/mol. The molecule has 0 fully saturated rings. The van der Waals surface area contributed by atoms with E-state index in [2.05, 4.69) is 10.1 Å². The predicted octanol–water partition coefficient (Wildman–Crippen LogP) is 2.43. The van der Waals surface area contributed by atoms with E-state index in [9.17, 15) is 8.42 Å². The molecule has 0 amide bonds. The van der Waals surface area contributed by atoms with Gasteiger partial charge in [-0.05, 0) is 26.0 Å². The van der Waals surface area contributed by atoms with Gasteiger partial charge in [-0.15, -0.1) is 0 Å². The number of nitrogens with zero attached hydrogens (tertiary/aromatic N) is 4. The third-order valence-corrected chi connectivity index (χ3v) is 5.00. The maximum absolute atomic E-state index is 12.6. The number of oxazole rings is 1. The van der Waals surface area contributed by atoms with Gasteiger partial charge in [-0.3, -0.25) is 4.68 Å². The number of aromatic nitrogens is 3. The van der Waals surface area contributed by atoms with E-state index >= 15 is 0 Å². The molecule has 2 heterocycles. The molecule has 0 spiro atoms. The van der Waals surface area contributed by atoms with E-state index < -0.39 is 10.0 Å². The molecular formula is C14H16N4O3S. The molecule has 0 aliphatic carbocycles. The van der Waals surface area contributed by atoms with Gasteiger partial charge in [0.05, 0.1) is 6.20 Å². The second-order valence-corrected chi connectivity index (χ2v) is 7.16. The Bertz CT molecular complexity index is 878. The standard InChI is InChI=1S/C14H16N4O3S/c1-10(2)18-9-11(8-15-18)22(19,20)17(3)14-16-12-6-4-5-7-13(12)21-14/h4-10H,1-3H3. The maximum atomic E-state index is 12.6. The molecule has 0 N–H and O–H groups in total. The molecule has 7 nitrogen and oxygen atoms in total. The van der Waals surface area contributed by atoms with E-state index in [4.69, 9.17) is 4.42 Å². The number of anilines is 1. The first kappa shape index (κ1) is 14.6. The average Bonchev–Trinajstić information content (AvgIpc) is 3.13. The lowest BCUT2D eigenvalue weighted by atomic mass is 10.3. The van der Waals surface area contributed by atoms with Crippen LogP contribution in [0.15, 0.2) is 46.0 Å². The van der Waals surface area contributed by atoms with Crippen LogP contribution >= 0.6 is 0 Å². The van der Waals surface area contributed by atoms with E-state index in [1.165, 1.54) is 19.4 Å². The fourth-order valence-corrected chi connectivity index (χ4v) is 3.01. The van der Waals surface area contributed by atoms with Gasteiger partial charge in [-0.1, -0.05) is 12.1 Å². The highest BCUT2D eigenvalue weighted by atomic mass is 32.2. The molecule has 0 atom stereocenters. The first-order valence-electron chi connectivity index (χ1n) is 6.78. The van der Waals surface area contributed by atoms with Crippen molar-refractivity contribution in [1.82, 2.24) is 14.8 Å². The molecule has 0 bridgehead atoms. The summed E-state index contributed by atoms with van der Waals surface area (Å²) in [5.41, 5.74) is 1.15. The van der Waals surface area contributed by atoms with Crippen LogP contribution in [0.5, 0.6) is 0 Å². The van der Waals surface area contributed by atoms with E-state index in [-0.39, 0.29) is 17.0 Å². The topological polar surface area (TPSA) is 81.2 Å². The van der Waals surface area contributed by atoms with Crippen LogP contribution in [-0.2, 0) is 10.0 Å². The van der Waals surface area contributed by atoms with Gasteiger partial charge >= 0.3 is 6.01 Å². The Balaban J connectivity index is 1.99. The summed E-state index contributed by atoms with van der Waals surface area (Å²) in [6.07, 6.45) is 2.83. The van der Waals surface area contributed by atoms with Gasteiger partial charge in [0.15, 0.2) is 5.58 Å². The molecule has 0 radical (unpaired) electrons. The van der Waals surface area contributed by atoms with Gasteiger partial charge in [0.1, 0.15) is 10.4 Å². The second kappa shape index (κ2) is 5.13. The Morgan fingerprint density at radius 1 is 1.27 bits per heavy atom. The van der Waals surface area contributed by atoms with Crippen molar-refractivity contribution in [2.24, 2.45) is 0 Å². The number of rotatable bonds is 4. The summed E-state index contributed by atoms with van der Waals surface area (Å²) >= 11 is 0. The van der Waals surface area contributed by atoms with Gasteiger partial charge in [0.2, 0.25) is 0 Å². The number of benzene rings is 1. The van der Waals surface area contributed by atoms with Crippen LogP contribution < -0.4 is 4.31 Å². The predicted molar refractivity (Wildman–Crippen MR) is 82.2 cm³/mol. The lowest BCUT2D eigenvalue weighted by molar-refractivity contribution is 0.531. The summed E-state index contributed by atoms with van der Waals surface area (Å²) in [6.45, 7) is 3.85. The quantitative estimate of drug-likeness (QED) is 0.737. The lowest BCUT2D eigenvalue weighted by Crippen LogP contribution is -2.26. The first-order valence-corrected chi connectivity index (χ1v) is 8.22. The van der Waals surface area contributed by atoms with Crippen LogP contribution in [0.25, 0.3) is 11.1 Å². The SMILES string of the molecule is CC(C)n1cc(S(=O)(=O)N(C)c2nc3ccccc3o2)cn1. The molecule has 3 rings (SSSR count). The molecule has 2 aromatic heterocycles. The zero-order valence-electron chi connectivity index (χ0n) is 12.5. The highest BCUT2D eigenvalue weighted by Gasteiger charge is 2.27. The van der Waals surface area contributed by atoms with Crippen molar-refractivity contribution in [3.05, 3.63) is 36.7 Å². The van der Waals surface area contributed by atoms with Crippen LogP contribution in [0, 0.1) is 0 Å². The molecule has 0 aliphatic rings. The number of hydrogen-bond acceptors (Lipinski definition) is 5. The highest BCUT2D eigenvalue weighted by Crippen LogP contribution is 2.25. The Hall–Kier alpha value is -2.35. The molecule has 0 aliphatic heterocycles. The third kappa shape index (κ3) is 2.35. The van der Waals surface area contributed by atoms with Gasteiger partial charge in [0, 0.05) is 19.3 Å². The summed E-state index contributed by atoms with van der Waals surface area (Å²) in [6, 6.07) is 7.23. The van der Waals surface area contributed by atoms with Crippen LogP contribution in [0.2, 0.25) is 0 Å². The van der Waals surface area contributed by atoms with Gasteiger partial charge in [-0.25, -0.2) is 12.7 Å². The van der Waals surface area contributed by atoms with Crippen LogP contribution in [0.4, 0.5) is 6.01 Å². The van der Waals surface area contributed by atoms with Crippen molar-refractivity contribution in [1.29, 1.82) is 0 Å². The van der Waals surface area contributed by atoms with Crippen molar-refractivity contribution < 1.29 is 12.8 Å². The number of fused-ring (bicyclic) bond motifs is 1. The van der Waals surface area contributed by atoms with Crippen LogP contribution in [-0.4, -0.2) is 30.2 Å². The van der Waals surface area contributed by atoms with E-state index in [0.717, 1.165) is 4.31 Å². The Labute approximate surface area is 128 Å². The summed E-state index contributed by atoms with van der Waals surface area (Å²) in [5, 5.41) is 4.06. The van der Waals surface area contributed by atoms with E-state index in [0.29, 0.717) is 11.1 Å². The maximum Gasteiger partial charge on any atom is 0.312 e. The molecule has 0 unspecified atom stereocenters. The molecule has 22 heavy (non-hydrogen) atoms. The molecule has 8 heteroatoms. The van der Waals surface area contributed by atoms with Gasteiger partial charge in [-0.2, -0.15) is 10.1 Å². The molecule has 0 saturated heterocycles. The molecular weight excluding hydrogens is 304 g/mol. The van der Waals surface area contributed by atoms with Gasteiger partial charge < -0.3 is 4.42 Å². The number of hydrogen-bond donors (Lipinski definition) is 0.